The predicted octanol–water partition coefficient (Wildman–Crippen LogP) is 3.15. The normalized spacial score (nSPS) is 11.9. The predicted molar refractivity (Wildman–Crippen MR) is 75.3 cm³/mol. The summed E-state index contributed by atoms with van der Waals surface area (Å²) in [7, 11) is 0. The Bertz CT molecular complexity index is 598. The summed E-state index contributed by atoms with van der Waals surface area (Å²) in [5.74, 6) is -1.06. The van der Waals surface area contributed by atoms with Crippen LogP contribution in [-0.2, 0) is 0 Å². The van der Waals surface area contributed by atoms with Gasteiger partial charge in [-0.1, -0.05) is 48.0 Å². The van der Waals surface area contributed by atoms with Crippen LogP contribution < -0.4 is 4.74 Å². The molecule has 0 saturated heterocycles. The van der Waals surface area contributed by atoms with Crippen LogP contribution >= 0.6 is 11.6 Å². The van der Waals surface area contributed by atoms with Gasteiger partial charge in [0.15, 0.2) is 5.75 Å². The molecular formula is C15H13ClO4. The van der Waals surface area contributed by atoms with Crippen LogP contribution in [0, 0.1) is 0 Å². The first-order chi connectivity index (χ1) is 9.59. The third-order valence-electron chi connectivity index (χ3n) is 2.77. The summed E-state index contributed by atoms with van der Waals surface area (Å²) in [5.41, 5.74) is 0.661. The van der Waals surface area contributed by atoms with E-state index in [9.17, 15) is 9.90 Å². The molecule has 5 heteroatoms. The van der Waals surface area contributed by atoms with Crippen LogP contribution in [0.1, 0.15) is 22.0 Å². The average Bonchev–Trinajstić information content (AvgIpc) is 2.46. The van der Waals surface area contributed by atoms with Gasteiger partial charge in [-0.3, -0.25) is 0 Å². The lowest BCUT2D eigenvalue weighted by Gasteiger charge is -2.15. The highest BCUT2D eigenvalue weighted by molar-refractivity contribution is 6.32. The average molecular weight is 293 g/mol. The zero-order chi connectivity index (χ0) is 14.5. The number of carboxylic acids is 1. The summed E-state index contributed by atoms with van der Waals surface area (Å²) >= 11 is 5.93. The number of aliphatic hydroxyl groups excluding tert-OH is 1. The SMILES string of the molecule is O=C(O)c1cccc(Cl)c1OCC(O)c1ccccc1. The molecule has 0 aliphatic heterocycles. The van der Waals surface area contributed by atoms with E-state index in [4.69, 9.17) is 21.4 Å². The summed E-state index contributed by atoms with van der Waals surface area (Å²) in [6, 6.07) is 13.4. The molecule has 0 fully saturated rings. The topological polar surface area (TPSA) is 66.8 Å². The number of carbonyl (C=O) groups is 1. The second-order valence-electron chi connectivity index (χ2n) is 4.16. The summed E-state index contributed by atoms with van der Waals surface area (Å²) in [6.45, 7) is -0.0754. The van der Waals surface area contributed by atoms with E-state index >= 15 is 0 Å². The molecule has 0 aromatic heterocycles. The molecule has 0 spiro atoms. The van der Waals surface area contributed by atoms with E-state index in [2.05, 4.69) is 0 Å². The van der Waals surface area contributed by atoms with Gasteiger partial charge in [-0.2, -0.15) is 0 Å². The van der Waals surface area contributed by atoms with Gasteiger partial charge in [-0.25, -0.2) is 4.79 Å². The molecule has 2 aromatic carbocycles. The largest absolute Gasteiger partial charge is 0.488 e. The molecule has 0 saturated carbocycles. The maximum absolute atomic E-state index is 11.1. The Labute approximate surface area is 121 Å². The van der Waals surface area contributed by atoms with E-state index in [1.165, 1.54) is 18.2 Å². The van der Waals surface area contributed by atoms with Crippen LogP contribution in [0.4, 0.5) is 0 Å². The van der Waals surface area contributed by atoms with Gasteiger partial charge in [0.1, 0.15) is 18.3 Å². The van der Waals surface area contributed by atoms with Crippen molar-refractivity contribution in [3.8, 4) is 5.75 Å². The lowest BCUT2D eigenvalue weighted by molar-refractivity contribution is 0.0683. The number of benzene rings is 2. The number of rotatable bonds is 5. The van der Waals surface area contributed by atoms with Gasteiger partial charge in [-0.15, -0.1) is 0 Å². The van der Waals surface area contributed by atoms with Crippen molar-refractivity contribution in [3.63, 3.8) is 0 Å². The van der Waals surface area contributed by atoms with E-state index < -0.39 is 12.1 Å². The highest BCUT2D eigenvalue weighted by atomic mass is 35.5. The van der Waals surface area contributed by atoms with Crippen molar-refractivity contribution in [2.24, 2.45) is 0 Å². The molecule has 0 radical (unpaired) electrons. The molecule has 0 aliphatic rings. The monoisotopic (exact) mass is 292 g/mol. The van der Waals surface area contributed by atoms with Gasteiger partial charge in [0.05, 0.1) is 5.02 Å². The smallest absolute Gasteiger partial charge is 0.339 e. The first-order valence-electron chi connectivity index (χ1n) is 5.97. The number of carboxylic acid groups (broad SMARTS) is 1. The van der Waals surface area contributed by atoms with Crippen molar-refractivity contribution < 1.29 is 19.7 Å². The first-order valence-corrected chi connectivity index (χ1v) is 6.35. The molecule has 0 bridgehead atoms. The first kappa shape index (κ1) is 14.4. The summed E-state index contributed by atoms with van der Waals surface area (Å²) in [5, 5.41) is 19.3. The van der Waals surface area contributed by atoms with Gasteiger partial charge in [0.25, 0.3) is 0 Å². The van der Waals surface area contributed by atoms with Crippen molar-refractivity contribution in [1.29, 1.82) is 0 Å². The Kier molecular flexibility index (Phi) is 4.61. The third kappa shape index (κ3) is 3.29. The molecule has 2 aromatic rings. The molecular weight excluding hydrogens is 280 g/mol. The van der Waals surface area contributed by atoms with E-state index in [1.807, 2.05) is 6.07 Å². The lowest BCUT2D eigenvalue weighted by atomic mass is 10.1. The molecule has 0 aliphatic carbocycles. The molecule has 104 valence electrons. The number of hydrogen-bond donors (Lipinski definition) is 2. The van der Waals surface area contributed by atoms with Crippen LogP contribution in [0.5, 0.6) is 5.75 Å². The Morgan fingerprint density at radius 1 is 1.15 bits per heavy atom. The second kappa shape index (κ2) is 6.41. The molecule has 1 unspecified atom stereocenters. The fourth-order valence-electron chi connectivity index (χ4n) is 1.76. The van der Waals surface area contributed by atoms with Crippen molar-refractivity contribution >= 4 is 17.6 Å². The van der Waals surface area contributed by atoms with Gasteiger partial charge in [0, 0.05) is 0 Å². The van der Waals surface area contributed by atoms with E-state index in [0.29, 0.717) is 5.56 Å². The molecule has 2 rings (SSSR count). The summed E-state index contributed by atoms with van der Waals surface area (Å²) < 4.78 is 5.38. The Balaban J connectivity index is 2.13. The third-order valence-corrected chi connectivity index (χ3v) is 3.06. The van der Waals surface area contributed by atoms with Crippen molar-refractivity contribution in [2.45, 2.75) is 6.10 Å². The molecule has 1 atom stereocenters. The summed E-state index contributed by atoms with van der Waals surface area (Å²) in [4.78, 5) is 11.1. The Hall–Kier alpha value is -2.04. The van der Waals surface area contributed by atoms with Crippen LogP contribution in [0.25, 0.3) is 0 Å². The van der Waals surface area contributed by atoms with Crippen LogP contribution in [0.15, 0.2) is 48.5 Å². The minimum absolute atomic E-state index is 0.0299. The standard InChI is InChI=1S/C15H13ClO4/c16-12-8-4-7-11(15(18)19)14(12)20-9-13(17)10-5-2-1-3-6-10/h1-8,13,17H,9H2,(H,18,19). The highest BCUT2D eigenvalue weighted by Crippen LogP contribution is 2.29. The summed E-state index contributed by atoms with van der Waals surface area (Å²) in [6.07, 6.45) is -0.853. The Morgan fingerprint density at radius 2 is 1.85 bits per heavy atom. The maximum Gasteiger partial charge on any atom is 0.339 e. The molecule has 2 N–H and O–H groups in total. The number of para-hydroxylation sites is 1. The Morgan fingerprint density at radius 3 is 2.50 bits per heavy atom. The fraction of sp³-hybridized carbons (Fsp3) is 0.133. The van der Waals surface area contributed by atoms with Gasteiger partial charge in [-0.05, 0) is 17.7 Å². The zero-order valence-corrected chi connectivity index (χ0v) is 11.2. The minimum atomic E-state index is -1.13. The molecule has 4 nitrogen and oxygen atoms in total. The lowest BCUT2D eigenvalue weighted by Crippen LogP contribution is -2.12. The van der Waals surface area contributed by atoms with E-state index in [0.717, 1.165) is 0 Å². The molecule has 0 amide bonds. The quantitative estimate of drug-likeness (QED) is 0.888. The maximum atomic E-state index is 11.1. The van der Waals surface area contributed by atoms with Crippen molar-refractivity contribution in [2.75, 3.05) is 6.61 Å². The number of ether oxygens (including phenoxy) is 1. The van der Waals surface area contributed by atoms with Crippen LogP contribution in [0.2, 0.25) is 5.02 Å². The van der Waals surface area contributed by atoms with Crippen LogP contribution in [0.3, 0.4) is 0 Å². The van der Waals surface area contributed by atoms with Gasteiger partial charge < -0.3 is 14.9 Å². The highest BCUT2D eigenvalue weighted by Gasteiger charge is 2.16. The number of aromatic carboxylic acids is 1. The van der Waals surface area contributed by atoms with Crippen molar-refractivity contribution in [1.82, 2.24) is 0 Å². The number of aliphatic hydroxyl groups is 1. The number of halogens is 1. The number of hydrogen-bond acceptors (Lipinski definition) is 3. The molecule has 0 heterocycles. The van der Waals surface area contributed by atoms with E-state index in [1.54, 1.807) is 24.3 Å². The van der Waals surface area contributed by atoms with E-state index in [-0.39, 0.29) is 22.9 Å². The minimum Gasteiger partial charge on any atom is -0.488 e. The van der Waals surface area contributed by atoms with Gasteiger partial charge >= 0.3 is 5.97 Å². The van der Waals surface area contributed by atoms with Crippen molar-refractivity contribution in [3.05, 3.63) is 64.7 Å². The zero-order valence-electron chi connectivity index (χ0n) is 10.5. The fourth-order valence-corrected chi connectivity index (χ4v) is 1.99. The second-order valence-corrected chi connectivity index (χ2v) is 4.57. The molecule has 20 heavy (non-hydrogen) atoms. The van der Waals surface area contributed by atoms with Gasteiger partial charge in [0.2, 0.25) is 0 Å². The van der Waals surface area contributed by atoms with Crippen LogP contribution in [-0.4, -0.2) is 22.8 Å².